The first-order valence-corrected chi connectivity index (χ1v) is 18.0. The van der Waals surface area contributed by atoms with Crippen molar-refractivity contribution in [2.24, 2.45) is 52.3 Å². The summed E-state index contributed by atoms with van der Waals surface area (Å²) < 4.78 is 12.5. The standard InChI is InChI=1S/C36H57NO9/c1-21-12-14-35(15-13-21)43-45-36(46-44-35)17-16-33(5)25(20-36)18-29(41-23(3)38)32-27-10-9-26(22(2)8-11-31(40)37-7)34(27,6)30(19-28(32)33)42-24(4)39/h21-22,25-30,32H,8-20H2,1-7H3,(H,37,40)/t21?,22-,25-,26-,27+,28+,29-,30+,32+,33+,34-,35?,36?/m1/s1. The first kappa shape index (κ1) is 34.1. The Bertz CT molecular complexity index is 1160. The van der Waals surface area contributed by atoms with Crippen LogP contribution in [-0.2, 0) is 43.4 Å². The van der Waals surface area contributed by atoms with E-state index in [1.807, 2.05) is 0 Å². The van der Waals surface area contributed by atoms with Crippen molar-refractivity contribution in [1.29, 1.82) is 0 Å². The second kappa shape index (κ2) is 12.6. The topological polar surface area (TPSA) is 119 Å². The van der Waals surface area contributed by atoms with Crippen LogP contribution in [0.1, 0.15) is 125 Å². The normalized spacial score (nSPS) is 47.3. The highest BCUT2D eigenvalue weighted by molar-refractivity contribution is 5.75. The molecule has 0 bridgehead atoms. The van der Waals surface area contributed by atoms with E-state index in [2.05, 4.69) is 33.0 Å². The fourth-order valence-corrected chi connectivity index (χ4v) is 11.3. The summed E-state index contributed by atoms with van der Waals surface area (Å²) in [6.45, 7) is 12.2. The monoisotopic (exact) mass is 647 g/mol. The van der Waals surface area contributed by atoms with Gasteiger partial charge in [-0.3, -0.25) is 14.4 Å². The number of ether oxygens (including phenoxy) is 2. The first-order chi connectivity index (χ1) is 21.7. The van der Waals surface area contributed by atoms with Crippen LogP contribution in [-0.4, -0.2) is 48.7 Å². The summed E-state index contributed by atoms with van der Waals surface area (Å²) in [5, 5.41) is 2.75. The van der Waals surface area contributed by atoms with Gasteiger partial charge in [0.05, 0.1) is 0 Å². The lowest BCUT2D eigenvalue weighted by Gasteiger charge is -2.65. The molecule has 0 aromatic rings. The zero-order chi connectivity index (χ0) is 33.1. The van der Waals surface area contributed by atoms with Crippen LogP contribution in [0.5, 0.6) is 0 Å². The van der Waals surface area contributed by atoms with E-state index in [-0.39, 0.29) is 70.5 Å². The molecule has 6 fully saturated rings. The fourth-order valence-electron chi connectivity index (χ4n) is 11.3. The highest BCUT2D eigenvalue weighted by atomic mass is 17.4. The average Bonchev–Trinajstić information content (AvgIpc) is 3.37. The number of carbonyl (C=O) groups excluding carboxylic acids is 3. The summed E-state index contributed by atoms with van der Waals surface area (Å²) in [5.41, 5.74) is -0.382. The third kappa shape index (κ3) is 5.91. The molecule has 1 aliphatic heterocycles. The lowest BCUT2D eigenvalue weighted by atomic mass is 9.42. The lowest BCUT2D eigenvalue weighted by Crippen LogP contribution is -2.65. The maximum Gasteiger partial charge on any atom is 0.302 e. The van der Waals surface area contributed by atoms with Crippen LogP contribution in [0.15, 0.2) is 0 Å². The molecule has 6 rings (SSSR count). The predicted molar refractivity (Wildman–Crippen MR) is 167 cm³/mol. The summed E-state index contributed by atoms with van der Waals surface area (Å²) in [6.07, 6.45) is 9.74. The molecule has 0 unspecified atom stereocenters. The van der Waals surface area contributed by atoms with Crippen LogP contribution >= 0.6 is 0 Å². The Morgan fingerprint density at radius 3 is 2.13 bits per heavy atom. The maximum atomic E-state index is 12.6. The van der Waals surface area contributed by atoms with Gasteiger partial charge in [0.2, 0.25) is 17.5 Å². The highest BCUT2D eigenvalue weighted by Crippen LogP contribution is 2.70. The molecule has 10 heteroatoms. The van der Waals surface area contributed by atoms with E-state index >= 15 is 0 Å². The van der Waals surface area contributed by atoms with E-state index in [1.165, 1.54) is 13.8 Å². The summed E-state index contributed by atoms with van der Waals surface area (Å²) in [7, 11) is 1.68. The fraction of sp³-hybridized carbons (Fsp3) is 0.917. The predicted octanol–water partition coefficient (Wildman–Crippen LogP) is 6.40. The van der Waals surface area contributed by atoms with Gasteiger partial charge in [-0.15, -0.1) is 0 Å². The van der Waals surface area contributed by atoms with Crippen molar-refractivity contribution in [2.75, 3.05) is 7.05 Å². The number of esters is 2. The quantitative estimate of drug-likeness (QED) is 0.258. The van der Waals surface area contributed by atoms with Crippen molar-refractivity contribution in [3.8, 4) is 0 Å². The summed E-state index contributed by atoms with van der Waals surface area (Å²) in [5.74, 6) is -0.401. The highest BCUT2D eigenvalue weighted by Gasteiger charge is 2.69. The third-order valence-electron chi connectivity index (χ3n) is 14.0. The van der Waals surface area contributed by atoms with Gasteiger partial charge in [-0.1, -0.05) is 27.7 Å². The number of nitrogens with one attached hydrogen (secondary N) is 1. The van der Waals surface area contributed by atoms with Gasteiger partial charge < -0.3 is 14.8 Å². The van der Waals surface area contributed by atoms with Crippen molar-refractivity contribution in [3.63, 3.8) is 0 Å². The Labute approximate surface area is 274 Å². The van der Waals surface area contributed by atoms with Gasteiger partial charge in [0.25, 0.3) is 0 Å². The van der Waals surface area contributed by atoms with Gasteiger partial charge >= 0.3 is 11.9 Å². The molecule has 2 spiro atoms. The van der Waals surface area contributed by atoms with Crippen LogP contribution < -0.4 is 5.32 Å². The van der Waals surface area contributed by atoms with Gasteiger partial charge in [0.15, 0.2) is 0 Å². The molecule has 5 saturated carbocycles. The summed E-state index contributed by atoms with van der Waals surface area (Å²) >= 11 is 0. The molecule has 10 atom stereocenters. The third-order valence-corrected chi connectivity index (χ3v) is 14.0. The van der Waals surface area contributed by atoms with Gasteiger partial charge in [0, 0.05) is 64.3 Å². The summed E-state index contributed by atoms with van der Waals surface area (Å²) in [4.78, 5) is 61.9. The molecule has 46 heavy (non-hydrogen) atoms. The lowest BCUT2D eigenvalue weighted by molar-refractivity contribution is -0.665. The van der Waals surface area contributed by atoms with E-state index in [0.717, 1.165) is 64.2 Å². The van der Waals surface area contributed by atoms with E-state index in [1.54, 1.807) is 7.05 Å². The van der Waals surface area contributed by atoms with Crippen molar-refractivity contribution < 1.29 is 43.4 Å². The van der Waals surface area contributed by atoms with Gasteiger partial charge in [-0.25, -0.2) is 0 Å². The van der Waals surface area contributed by atoms with Crippen molar-refractivity contribution in [1.82, 2.24) is 5.32 Å². The SMILES string of the molecule is CNC(=O)CC[C@@H](C)[C@H]1CC[C@H]2[C@@H]3[C@H](OC(C)=O)C[C@@H]4CC5(CC[C@]4(C)[C@H]3C[C@H](OC(C)=O)[C@]12C)OOC1(CCC(C)CC1)OO5. The molecule has 1 N–H and O–H groups in total. The van der Waals surface area contributed by atoms with Crippen LogP contribution in [0.4, 0.5) is 0 Å². The Balaban J connectivity index is 1.27. The van der Waals surface area contributed by atoms with Gasteiger partial charge in [-0.2, -0.15) is 19.6 Å². The van der Waals surface area contributed by atoms with Crippen LogP contribution in [0.3, 0.4) is 0 Å². The molecule has 1 heterocycles. The number of rotatable bonds is 6. The Hall–Kier alpha value is -1.75. The maximum absolute atomic E-state index is 12.6. The van der Waals surface area contributed by atoms with E-state index < -0.39 is 11.6 Å². The van der Waals surface area contributed by atoms with E-state index in [9.17, 15) is 14.4 Å². The molecule has 1 saturated heterocycles. The molecule has 1 amide bonds. The van der Waals surface area contributed by atoms with Crippen LogP contribution in [0, 0.1) is 52.3 Å². The van der Waals surface area contributed by atoms with Crippen molar-refractivity contribution in [3.05, 3.63) is 0 Å². The molecular weight excluding hydrogens is 590 g/mol. The molecule has 5 aliphatic carbocycles. The number of hydrogen-bond donors (Lipinski definition) is 1. The zero-order valence-corrected chi connectivity index (χ0v) is 29.1. The van der Waals surface area contributed by atoms with E-state index in [4.69, 9.17) is 29.0 Å². The minimum atomic E-state index is -0.997. The second-order valence-corrected chi connectivity index (χ2v) is 16.5. The van der Waals surface area contributed by atoms with Gasteiger partial charge in [0.1, 0.15) is 12.2 Å². The number of fused-ring (bicyclic) bond motifs is 5. The Kier molecular flexibility index (Phi) is 9.35. The minimum absolute atomic E-state index is 0.0493. The smallest absolute Gasteiger partial charge is 0.302 e. The molecule has 260 valence electrons. The van der Waals surface area contributed by atoms with Crippen molar-refractivity contribution >= 4 is 17.8 Å². The molecular formula is C36H57NO9. The summed E-state index contributed by atoms with van der Waals surface area (Å²) in [6, 6.07) is 0. The first-order valence-electron chi connectivity index (χ1n) is 18.0. The Morgan fingerprint density at radius 2 is 1.50 bits per heavy atom. The average molecular weight is 648 g/mol. The van der Waals surface area contributed by atoms with Crippen LogP contribution in [0.2, 0.25) is 0 Å². The molecule has 0 aromatic heterocycles. The van der Waals surface area contributed by atoms with Crippen LogP contribution in [0.25, 0.3) is 0 Å². The molecule has 0 aromatic carbocycles. The minimum Gasteiger partial charge on any atom is -0.462 e. The second-order valence-electron chi connectivity index (χ2n) is 16.5. The zero-order valence-electron chi connectivity index (χ0n) is 29.1. The molecule has 10 nitrogen and oxygen atoms in total. The van der Waals surface area contributed by atoms with Crippen molar-refractivity contribution in [2.45, 2.75) is 149 Å². The Morgan fingerprint density at radius 1 is 0.848 bits per heavy atom. The number of carbonyl (C=O) groups is 3. The molecule has 6 aliphatic rings. The van der Waals surface area contributed by atoms with Gasteiger partial charge in [-0.05, 0) is 92.3 Å². The number of amides is 1. The largest absolute Gasteiger partial charge is 0.462 e. The van der Waals surface area contributed by atoms with E-state index in [0.29, 0.717) is 31.1 Å². The number of hydrogen-bond acceptors (Lipinski definition) is 9. The molecule has 0 radical (unpaired) electrons.